The molecule has 0 bridgehead atoms. The first-order valence-corrected chi connectivity index (χ1v) is 6.44. The van der Waals surface area contributed by atoms with Crippen LogP contribution in [0.4, 0.5) is 4.79 Å². The van der Waals surface area contributed by atoms with Gasteiger partial charge in [0.25, 0.3) is 0 Å². The van der Waals surface area contributed by atoms with Crippen LogP contribution in [-0.2, 0) is 4.79 Å². The van der Waals surface area contributed by atoms with E-state index in [4.69, 9.17) is 5.11 Å². The SMILES string of the molecule is CCC1CN(C)CCCN1C(=O)N[C@H](C)C(=O)O. The predicted octanol–water partition coefficient (Wildman–Crippen LogP) is 0.585. The van der Waals surface area contributed by atoms with Gasteiger partial charge in [0.1, 0.15) is 6.04 Å². The monoisotopic (exact) mass is 257 g/mol. The van der Waals surface area contributed by atoms with Crippen molar-refractivity contribution in [1.82, 2.24) is 15.1 Å². The van der Waals surface area contributed by atoms with Crippen LogP contribution in [0.5, 0.6) is 0 Å². The first-order chi connectivity index (χ1) is 8.45. The smallest absolute Gasteiger partial charge is 0.325 e. The molecule has 1 aliphatic rings. The minimum absolute atomic E-state index is 0.151. The van der Waals surface area contributed by atoms with Gasteiger partial charge < -0.3 is 20.2 Å². The molecule has 2 atom stereocenters. The molecule has 1 fully saturated rings. The molecule has 6 heteroatoms. The van der Waals surface area contributed by atoms with Crippen molar-refractivity contribution in [3.05, 3.63) is 0 Å². The van der Waals surface area contributed by atoms with Crippen molar-refractivity contribution < 1.29 is 14.7 Å². The van der Waals surface area contributed by atoms with Crippen LogP contribution in [0.2, 0.25) is 0 Å². The zero-order valence-corrected chi connectivity index (χ0v) is 11.3. The van der Waals surface area contributed by atoms with Crippen molar-refractivity contribution in [3.63, 3.8) is 0 Å². The van der Waals surface area contributed by atoms with E-state index in [0.29, 0.717) is 6.54 Å². The number of urea groups is 1. The van der Waals surface area contributed by atoms with Crippen LogP contribution >= 0.6 is 0 Å². The lowest BCUT2D eigenvalue weighted by Gasteiger charge is -2.30. The second-order valence-electron chi connectivity index (χ2n) is 4.88. The fourth-order valence-corrected chi connectivity index (χ4v) is 2.19. The van der Waals surface area contributed by atoms with Gasteiger partial charge in [-0.15, -0.1) is 0 Å². The molecule has 2 N–H and O–H groups in total. The molecule has 104 valence electrons. The number of carboxylic acid groups (broad SMARTS) is 1. The minimum Gasteiger partial charge on any atom is -0.480 e. The van der Waals surface area contributed by atoms with Gasteiger partial charge in [-0.1, -0.05) is 6.92 Å². The molecular formula is C12H23N3O3. The van der Waals surface area contributed by atoms with E-state index >= 15 is 0 Å². The second-order valence-corrected chi connectivity index (χ2v) is 4.88. The summed E-state index contributed by atoms with van der Waals surface area (Å²) in [5.41, 5.74) is 0. The Hall–Kier alpha value is -1.30. The Kier molecular flexibility index (Phi) is 5.40. The Bertz CT molecular complexity index is 309. The van der Waals surface area contributed by atoms with Crippen LogP contribution in [0.1, 0.15) is 26.7 Å². The highest BCUT2D eigenvalue weighted by molar-refractivity contribution is 5.82. The van der Waals surface area contributed by atoms with Crippen molar-refractivity contribution >= 4 is 12.0 Å². The molecule has 18 heavy (non-hydrogen) atoms. The fraction of sp³-hybridized carbons (Fsp3) is 0.833. The summed E-state index contributed by atoms with van der Waals surface area (Å²) < 4.78 is 0. The number of nitrogens with one attached hydrogen (secondary N) is 1. The van der Waals surface area contributed by atoms with Gasteiger partial charge in [-0.3, -0.25) is 4.79 Å². The van der Waals surface area contributed by atoms with Crippen LogP contribution < -0.4 is 5.32 Å². The maximum atomic E-state index is 12.1. The lowest BCUT2D eigenvalue weighted by Crippen LogP contribution is -2.51. The van der Waals surface area contributed by atoms with Gasteiger partial charge in [-0.05, 0) is 33.4 Å². The summed E-state index contributed by atoms with van der Waals surface area (Å²) in [5, 5.41) is 11.3. The maximum absolute atomic E-state index is 12.1. The number of carbonyl (C=O) groups is 2. The summed E-state index contributed by atoms with van der Waals surface area (Å²) in [6, 6.07) is -0.971. The third-order valence-corrected chi connectivity index (χ3v) is 3.34. The molecular weight excluding hydrogens is 234 g/mol. The number of hydrogen-bond acceptors (Lipinski definition) is 3. The molecule has 0 aromatic rings. The molecule has 0 aromatic heterocycles. The van der Waals surface area contributed by atoms with E-state index in [0.717, 1.165) is 25.9 Å². The fourth-order valence-electron chi connectivity index (χ4n) is 2.19. The van der Waals surface area contributed by atoms with E-state index in [-0.39, 0.29) is 12.1 Å². The Balaban J connectivity index is 2.66. The standard InChI is InChI=1S/C12H23N3O3/c1-4-10-8-14(3)6-5-7-15(10)12(18)13-9(2)11(16)17/h9-10H,4-8H2,1-3H3,(H,13,18)(H,16,17)/t9-,10?/m1/s1. The molecule has 1 saturated heterocycles. The van der Waals surface area contributed by atoms with E-state index in [1.54, 1.807) is 4.90 Å². The Morgan fingerprint density at radius 3 is 2.67 bits per heavy atom. The van der Waals surface area contributed by atoms with Gasteiger partial charge in [-0.2, -0.15) is 0 Å². The number of nitrogens with zero attached hydrogens (tertiary/aromatic N) is 2. The van der Waals surface area contributed by atoms with Crippen molar-refractivity contribution in [2.75, 3.05) is 26.7 Å². The van der Waals surface area contributed by atoms with Crippen LogP contribution in [0.25, 0.3) is 0 Å². The Labute approximate surface area is 108 Å². The molecule has 0 aliphatic carbocycles. The highest BCUT2D eigenvalue weighted by atomic mass is 16.4. The first kappa shape index (κ1) is 14.8. The molecule has 1 unspecified atom stereocenters. The molecule has 1 aliphatic heterocycles. The summed E-state index contributed by atoms with van der Waals surface area (Å²) in [4.78, 5) is 26.8. The summed E-state index contributed by atoms with van der Waals surface area (Å²) in [6.45, 7) is 6.01. The second kappa shape index (κ2) is 6.58. The summed E-state index contributed by atoms with van der Waals surface area (Å²) in [5.74, 6) is -1.01. The zero-order chi connectivity index (χ0) is 13.7. The highest BCUT2D eigenvalue weighted by Gasteiger charge is 2.27. The summed E-state index contributed by atoms with van der Waals surface area (Å²) in [7, 11) is 2.05. The Morgan fingerprint density at radius 2 is 2.11 bits per heavy atom. The number of aliphatic carboxylic acids is 1. The van der Waals surface area contributed by atoms with Gasteiger partial charge in [0.15, 0.2) is 0 Å². The molecule has 2 amide bonds. The van der Waals surface area contributed by atoms with Crippen LogP contribution in [0, 0.1) is 0 Å². The predicted molar refractivity (Wildman–Crippen MR) is 68.5 cm³/mol. The lowest BCUT2D eigenvalue weighted by atomic mass is 10.2. The highest BCUT2D eigenvalue weighted by Crippen LogP contribution is 2.12. The quantitative estimate of drug-likeness (QED) is 0.776. The maximum Gasteiger partial charge on any atom is 0.325 e. The molecule has 0 saturated carbocycles. The van der Waals surface area contributed by atoms with Crippen molar-refractivity contribution in [2.45, 2.75) is 38.8 Å². The topological polar surface area (TPSA) is 72.9 Å². The third kappa shape index (κ3) is 3.87. The van der Waals surface area contributed by atoms with E-state index in [9.17, 15) is 9.59 Å². The van der Waals surface area contributed by atoms with Crippen LogP contribution in [0.15, 0.2) is 0 Å². The molecule has 0 aromatic carbocycles. The molecule has 0 spiro atoms. The average molecular weight is 257 g/mol. The molecule has 0 radical (unpaired) electrons. The van der Waals surface area contributed by atoms with E-state index in [2.05, 4.69) is 10.2 Å². The molecule has 6 nitrogen and oxygen atoms in total. The van der Waals surface area contributed by atoms with Gasteiger partial charge in [0.05, 0.1) is 0 Å². The van der Waals surface area contributed by atoms with Gasteiger partial charge in [0, 0.05) is 19.1 Å². The number of rotatable bonds is 3. The minimum atomic E-state index is -1.01. The van der Waals surface area contributed by atoms with E-state index in [1.807, 2.05) is 14.0 Å². The van der Waals surface area contributed by atoms with Gasteiger partial charge in [0.2, 0.25) is 0 Å². The largest absolute Gasteiger partial charge is 0.480 e. The summed E-state index contributed by atoms with van der Waals surface area (Å²) in [6.07, 6.45) is 1.79. The number of hydrogen-bond donors (Lipinski definition) is 2. The number of amides is 2. The van der Waals surface area contributed by atoms with Crippen molar-refractivity contribution in [3.8, 4) is 0 Å². The number of carbonyl (C=O) groups excluding carboxylic acids is 1. The van der Waals surface area contributed by atoms with Crippen molar-refractivity contribution in [2.24, 2.45) is 0 Å². The van der Waals surface area contributed by atoms with E-state index in [1.165, 1.54) is 6.92 Å². The van der Waals surface area contributed by atoms with E-state index < -0.39 is 12.0 Å². The van der Waals surface area contributed by atoms with Gasteiger partial charge in [-0.25, -0.2) is 4.79 Å². The summed E-state index contributed by atoms with van der Waals surface area (Å²) >= 11 is 0. The Morgan fingerprint density at radius 1 is 1.44 bits per heavy atom. The number of carboxylic acids is 1. The molecule has 1 heterocycles. The zero-order valence-electron chi connectivity index (χ0n) is 11.3. The average Bonchev–Trinajstić information content (AvgIpc) is 2.50. The first-order valence-electron chi connectivity index (χ1n) is 6.44. The van der Waals surface area contributed by atoms with Crippen LogP contribution in [0.3, 0.4) is 0 Å². The van der Waals surface area contributed by atoms with Crippen molar-refractivity contribution in [1.29, 1.82) is 0 Å². The van der Waals surface area contributed by atoms with Crippen LogP contribution in [-0.4, -0.2) is 65.7 Å². The molecule has 1 rings (SSSR count). The lowest BCUT2D eigenvalue weighted by molar-refractivity contribution is -0.138. The van der Waals surface area contributed by atoms with Gasteiger partial charge >= 0.3 is 12.0 Å². The third-order valence-electron chi connectivity index (χ3n) is 3.34. The normalized spacial score (nSPS) is 23.3. The number of likely N-dealkylation sites (N-methyl/N-ethyl adjacent to an activating group) is 1.